The van der Waals surface area contributed by atoms with Crippen LogP contribution in [0.5, 0.6) is 5.75 Å². The summed E-state index contributed by atoms with van der Waals surface area (Å²) in [4.78, 5) is 33.8. The average molecular weight is 461 g/mol. The zero-order valence-electron chi connectivity index (χ0n) is 19.1. The minimum absolute atomic E-state index is 0.221. The molecule has 176 valence electrons. The standard InChI is InChI=1S/C26H28N4O4/c1-17-25(33)24(26(34)27-16-23(31)32)29-22(28-17)15-18-7-9-21(10-8-18)30-13-11-20(12-14-30)19-5-3-2-4-6-19/h2-10,20,33H,11-16H2,1H3,(H,27,34)(H,31,32). The molecule has 0 unspecified atom stereocenters. The van der Waals surface area contributed by atoms with Gasteiger partial charge in [0, 0.05) is 25.2 Å². The molecule has 8 heteroatoms. The predicted molar refractivity (Wildman–Crippen MR) is 128 cm³/mol. The molecule has 0 atom stereocenters. The summed E-state index contributed by atoms with van der Waals surface area (Å²) >= 11 is 0. The largest absolute Gasteiger partial charge is 0.504 e. The number of anilines is 1. The Kier molecular flexibility index (Phi) is 7.06. The second-order valence-corrected chi connectivity index (χ2v) is 8.51. The smallest absolute Gasteiger partial charge is 0.322 e. The van der Waals surface area contributed by atoms with E-state index in [0.717, 1.165) is 31.5 Å². The van der Waals surface area contributed by atoms with Crippen LogP contribution in [-0.2, 0) is 11.2 Å². The van der Waals surface area contributed by atoms with Gasteiger partial charge >= 0.3 is 5.97 Å². The Balaban J connectivity index is 1.40. The zero-order chi connectivity index (χ0) is 24.1. The Morgan fingerprint density at radius 1 is 1.03 bits per heavy atom. The van der Waals surface area contributed by atoms with Crippen molar-refractivity contribution in [1.29, 1.82) is 0 Å². The molecule has 0 bridgehead atoms. The fourth-order valence-corrected chi connectivity index (χ4v) is 4.31. The Morgan fingerprint density at radius 2 is 1.71 bits per heavy atom. The summed E-state index contributed by atoms with van der Waals surface area (Å²) < 4.78 is 0. The van der Waals surface area contributed by atoms with Crippen LogP contribution >= 0.6 is 0 Å². The first-order chi connectivity index (χ1) is 16.4. The van der Waals surface area contributed by atoms with Gasteiger partial charge in [-0.1, -0.05) is 42.5 Å². The summed E-state index contributed by atoms with van der Waals surface area (Å²) in [6, 6.07) is 18.9. The van der Waals surface area contributed by atoms with E-state index in [-0.39, 0.29) is 17.1 Å². The molecule has 4 rings (SSSR count). The fraction of sp³-hybridized carbons (Fsp3) is 0.308. The van der Waals surface area contributed by atoms with Crippen molar-refractivity contribution in [2.24, 2.45) is 0 Å². The van der Waals surface area contributed by atoms with Crippen LogP contribution in [0.15, 0.2) is 54.6 Å². The van der Waals surface area contributed by atoms with E-state index in [9.17, 15) is 14.7 Å². The molecule has 1 saturated heterocycles. The van der Waals surface area contributed by atoms with Gasteiger partial charge < -0.3 is 20.4 Å². The van der Waals surface area contributed by atoms with Crippen LogP contribution in [0.2, 0.25) is 0 Å². The van der Waals surface area contributed by atoms with E-state index in [4.69, 9.17) is 5.11 Å². The van der Waals surface area contributed by atoms with E-state index in [1.54, 1.807) is 6.92 Å². The molecule has 2 heterocycles. The van der Waals surface area contributed by atoms with Gasteiger partial charge in [-0.3, -0.25) is 9.59 Å². The number of carbonyl (C=O) groups excluding carboxylic acids is 1. The highest BCUT2D eigenvalue weighted by Gasteiger charge is 2.21. The molecule has 0 saturated carbocycles. The minimum atomic E-state index is -1.18. The molecule has 0 aliphatic carbocycles. The lowest BCUT2D eigenvalue weighted by Crippen LogP contribution is -2.32. The first kappa shape index (κ1) is 23.2. The predicted octanol–water partition coefficient (Wildman–Crippen LogP) is 3.28. The normalized spacial score (nSPS) is 14.1. The molecule has 0 spiro atoms. The maximum atomic E-state index is 12.2. The van der Waals surface area contributed by atoms with Gasteiger partial charge in [-0.15, -0.1) is 0 Å². The molecule has 3 aromatic rings. The van der Waals surface area contributed by atoms with Crippen molar-refractivity contribution in [3.63, 3.8) is 0 Å². The summed E-state index contributed by atoms with van der Waals surface area (Å²) in [5.74, 6) is -1.29. The van der Waals surface area contributed by atoms with Crippen molar-refractivity contribution in [1.82, 2.24) is 15.3 Å². The number of carboxylic acid groups (broad SMARTS) is 1. The third-order valence-corrected chi connectivity index (χ3v) is 6.15. The maximum absolute atomic E-state index is 12.2. The molecule has 3 N–H and O–H groups in total. The number of benzene rings is 2. The number of hydrogen-bond donors (Lipinski definition) is 3. The van der Waals surface area contributed by atoms with Gasteiger partial charge in [-0.2, -0.15) is 0 Å². The SMILES string of the molecule is Cc1nc(Cc2ccc(N3CCC(c4ccccc4)CC3)cc2)nc(C(=O)NCC(=O)O)c1O. The lowest BCUT2D eigenvalue weighted by molar-refractivity contribution is -0.135. The highest BCUT2D eigenvalue weighted by molar-refractivity contribution is 5.96. The van der Waals surface area contributed by atoms with Crippen molar-refractivity contribution in [3.05, 3.63) is 82.9 Å². The molecule has 8 nitrogen and oxygen atoms in total. The van der Waals surface area contributed by atoms with Crippen molar-refractivity contribution < 1.29 is 19.8 Å². The van der Waals surface area contributed by atoms with Crippen molar-refractivity contribution >= 4 is 17.6 Å². The van der Waals surface area contributed by atoms with Gasteiger partial charge in [0.2, 0.25) is 0 Å². The van der Waals surface area contributed by atoms with Gasteiger partial charge in [0.1, 0.15) is 12.4 Å². The lowest BCUT2D eigenvalue weighted by atomic mass is 9.89. The van der Waals surface area contributed by atoms with E-state index < -0.39 is 18.4 Å². The van der Waals surface area contributed by atoms with Gasteiger partial charge in [-0.05, 0) is 48.9 Å². The average Bonchev–Trinajstić information content (AvgIpc) is 2.86. The molecule has 1 aliphatic heterocycles. The van der Waals surface area contributed by atoms with Crippen LogP contribution in [-0.4, -0.2) is 51.7 Å². The van der Waals surface area contributed by atoms with E-state index in [0.29, 0.717) is 18.2 Å². The third-order valence-electron chi connectivity index (χ3n) is 6.15. The summed E-state index contributed by atoms with van der Waals surface area (Å²) in [6.45, 7) is 3.04. The number of hydrogen-bond acceptors (Lipinski definition) is 6. The quantitative estimate of drug-likeness (QED) is 0.496. The van der Waals surface area contributed by atoms with Crippen LogP contribution < -0.4 is 10.2 Å². The summed E-state index contributed by atoms with van der Waals surface area (Å²) in [5, 5.41) is 21.1. The molecule has 2 aromatic carbocycles. The van der Waals surface area contributed by atoms with Gasteiger partial charge in [0.05, 0.1) is 5.69 Å². The van der Waals surface area contributed by atoms with E-state index in [1.165, 1.54) is 11.3 Å². The molecular weight excluding hydrogens is 432 g/mol. The van der Waals surface area contributed by atoms with Crippen LogP contribution in [0.4, 0.5) is 5.69 Å². The minimum Gasteiger partial charge on any atom is -0.504 e. The Bertz CT molecular complexity index is 1160. The van der Waals surface area contributed by atoms with Crippen LogP contribution in [0.3, 0.4) is 0 Å². The summed E-state index contributed by atoms with van der Waals surface area (Å²) in [5.41, 5.74) is 3.61. The summed E-state index contributed by atoms with van der Waals surface area (Å²) in [7, 11) is 0. The number of nitrogens with zero attached hydrogens (tertiary/aromatic N) is 3. The zero-order valence-corrected chi connectivity index (χ0v) is 19.1. The van der Waals surface area contributed by atoms with Crippen LogP contribution in [0.1, 0.15) is 51.9 Å². The molecular formula is C26H28N4O4. The number of carboxylic acids is 1. The number of aromatic nitrogens is 2. The van der Waals surface area contributed by atoms with Crippen molar-refractivity contribution in [3.8, 4) is 5.75 Å². The molecule has 34 heavy (non-hydrogen) atoms. The van der Waals surface area contributed by atoms with Gasteiger partial charge in [0.25, 0.3) is 5.91 Å². The van der Waals surface area contributed by atoms with Crippen molar-refractivity contribution in [2.45, 2.75) is 32.1 Å². The first-order valence-corrected chi connectivity index (χ1v) is 11.4. The highest BCUT2D eigenvalue weighted by Crippen LogP contribution is 2.30. The molecule has 1 aliphatic rings. The molecule has 1 fully saturated rings. The van der Waals surface area contributed by atoms with Crippen LogP contribution in [0, 0.1) is 6.92 Å². The number of aromatic hydroxyl groups is 1. The number of aryl methyl sites for hydroxylation is 1. The third kappa shape index (κ3) is 5.51. The number of rotatable bonds is 7. The number of amides is 1. The number of nitrogens with one attached hydrogen (secondary N) is 1. The second-order valence-electron chi connectivity index (χ2n) is 8.51. The monoisotopic (exact) mass is 460 g/mol. The molecule has 0 radical (unpaired) electrons. The number of aliphatic carboxylic acids is 1. The lowest BCUT2D eigenvalue weighted by Gasteiger charge is -2.34. The Hall–Kier alpha value is -3.94. The number of piperidine rings is 1. The van der Waals surface area contributed by atoms with E-state index in [1.807, 2.05) is 12.1 Å². The van der Waals surface area contributed by atoms with Gasteiger partial charge in [0.15, 0.2) is 11.4 Å². The first-order valence-electron chi connectivity index (χ1n) is 11.4. The van der Waals surface area contributed by atoms with Crippen molar-refractivity contribution in [2.75, 3.05) is 24.5 Å². The van der Waals surface area contributed by atoms with Crippen LogP contribution in [0.25, 0.3) is 0 Å². The highest BCUT2D eigenvalue weighted by atomic mass is 16.4. The van der Waals surface area contributed by atoms with E-state index in [2.05, 4.69) is 62.6 Å². The molecule has 1 aromatic heterocycles. The Labute approximate surface area is 198 Å². The Morgan fingerprint density at radius 3 is 2.35 bits per heavy atom. The maximum Gasteiger partial charge on any atom is 0.322 e. The summed E-state index contributed by atoms with van der Waals surface area (Å²) in [6.07, 6.45) is 2.63. The molecule has 1 amide bonds. The number of carbonyl (C=O) groups is 2. The topological polar surface area (TPSA) is 116 Å². The van der Waals surface area contributed by atoms with E-state index >= 15 is 0 Å². The second kappa shape index (κ2) is 10.3. The fourth-order valence-electron chi connectivity index (χ4n) is 4.31. The van der Waals surface area contributed by atoms with Gasteiger partial charge in [-0.25, -0.2) is 9.97 Å².